The second kappa shape index (κ2) is 10.2. The number of nitrogens with zero attached hydrogens (tertiary/aromatic N) is 1. The Bertz CT molecular complexity index is 668. The number of methoxy groups -OCH3 is 1. The van der Waals surface area contributed by atoms with Gasteiger partial charge in [-0.05, 0) is 41.3 Å². The van der Waals surface area contributed by atoms with Crippen molar-refractivity contribution in [3.8, 4) is 11.5 Å². The van der Waals surface area contributed by atoms with Crippen LogP contribution in [0.25, 0.3) is 0 Å². The number of rotatable bonds is 3. The van der Waals surface area contributed by atoms with E-state index in [0.717, 1.165) is 22.6 Å². The van der Waals surface area contributed by atoms with E-state index in [0.29, 0.717) is 5.75 Å². The third kappa shape index (κ3) is 6.59. The van der Waals surface area contributed by atoms with Gasteiger partial charge in [0.1, 0.15) is 11.5 Å². The van der Waals surface area contributed by atoms with Crippen molar-refractivity contribution < 1.29 is 30.7 Å². The average molecular weight is 446 g/mol. The summed E-state index contributed by atoms with van der Waals surface area (Å²) >= 11 is -0.826. The zero-order valence-corrected chi connectivity index (χ0v) is 18.1. The fourth-order valence-electron chi connectivity index (χ4n) is 2.08. The van der Waals surface area contributed by atoms with E-state index in [1.807, 2.05) is 42.5 Å². The predicted octanol–water partition coefficient (Wildman–Crippen LogP) is 5.83. The minimum atomic E-state index is -0.826. The summed E-state index contributed by atoms with van der Waals surface area (Å²) in [7, 11) is 11.5. The molecule has 0 aliphatic carbocycles. The second-order valence-corrected chi connectivity index (χ2v) is 9.75. The molecular formula is C18H21Cl2NO2Zr. The topological polar surface area (TPSA) is 41.8 Å². The molecule has 0 atom stereocenters. The molecule has 0 fully saturated rings. The van der Waals surface area contributed by atoms with Crippen LogP contribution in [0, 0.1) is 0 Å². The van der Waals surface area contributed by atoms with Crippen molar-refractivity contribution in [1.29, 1.82) is 0 Å². The van der Waals surface area contributed by atoms with Gasteiger partial charge in [0.2, 0.25) is 0 Å². The molecule has 6 heteroatoms. The van der Waals surface area contributed by atoms with E-state index in [1.165, 1.54) is 0 Å². The summed E-state index contributed by atoms with van der Waals surface area (Å²) in [6, 6.07) is 13.2. The van der Waals surface area contributed by atoms with Gasteiger partial charge in [0, 0.05) is 11.8 Å². The summed E-state index contributed by atoms with van der Waals surface area (Å²) in [5.74, 6) is 1.09. The van der Waals surface area contributed by atoms with Gasteiger partial charge < -0.3 is 9.84 Å². The van der Waals surface area contributed by atoms with E-state index in [9.17, 15) is 5.11 Å². The van der Waals surface area contributed by atoms with Crippen molar-refractivity contribution in [1.82, 2.24) is 0 Å². The number of aliphatic imine (C=N–C) groups is 1. The quantitative estimate of drug-likeness (QED) is 0.605. The van der Waals surface area contributed by atoms with Gasteiger partial charge in [-0.2, -0.15) is 0 Å². The van der Waals surface area contributed by atoms with Crippen LogP contribution in [0.5, 0.6) is 11.5 Å². The molecule has 0 aliphatic rings. The van der Waals surface area contributed by atoms with Crippen molar-refractivity contribution in [3.63, 3.8) is 0 Å². The number of ether oxygens (including phenoxy) is 1. The van der Waals surface area contributed by atoms with Crippen molar-refractivity contribution in [2.75, 3.05) is 7.11 Å². The van der Waals surface area contributed by atoms with Crippen molar-refractivity contribution in [2.45, 2.75) is 26.2 Å². The summed E-state index contributed by atoms with van der Waals surface area (Å²) in [5, 5.41) is 10.4. The Labute approximate surface area is 162 Å². The third-order valence-corrected chi connectivity index (χ3v) is 3.30. The summed E-state index contributed by atoms with van der Waals surface area (Å²) in [6.45, 7) is 6.23. The number of hydrogen-bond acceptors (Lipinski definition) is 3. The van der Waals surface area contributed by atoms with Gasteiger partial charge in [-0.3, -0.25) is 4.99 Å². The summed E-state index contributed by atoms with van der Waals surface area (Å²) in [5.41, 5.74) is 2.35. The Morgan fingerprint density at radius 1 is 1.08 bits per heavy atom. The van der Waals surface area contributed by atoms with Crippen LogP contribution in [-0.4, -0.2) is 18.4 Å². The van der Waals surface area contributed by atoms with Crippen molar-refractivity contribution in [3.05, 3.63) is 53.6 Å². The zero-order chi connectivity index (χ0) is 18.2. The zero-order valence-electron chi connectivity index (χ0n) is 14.2. The van der Waals surface area contributed by atoms with E-state index in [-0.39, 0.29) is 5.41 Å². The van der Waals surface area contributed by atoms with E-state index in [4.69, 9.17) is 21.8 Å². The number of phenols is 1. The molecule has 0 saturated heterocycles. The number of halogens is 2. The van der Waals surface area contributed by atoms with Gasteiger partial charge in [-0.1, -0.05) is 32.9 Å². The standard InChI is InChI=1S/C18H21NO2.2ClH.Zr/c1-18(2,3)16-7-5-6-13(17(16)20)12-19-14-8-10-15(21-4)11-9-14;;;/h5-12,20H,1-4H3;2*1H;/q;;;+2/p-2. The SMILES string of the molecule is COc1ccc(N=Cc2cccc(C(C)(C)C)c2O)cc1.[Cl][Zr][Cl]. The minimum absolute atomic E-state index is 0.103. The Kier molecular flexibility index (Phi) is 9.04. The van der Waals surface area contributed by atoms with Crippen LogP contribution in [0.3, 0.4) is 0 Å². The molecule has 2 aromatic carbocycles. The Morgan fingerprint density at radius 3 is 2.17 bits per heavy atom. The van der Waals surface area contributed by atoms with Crippen LogP contribution in [0.15, 0.2) is 47.5 Å². The molecular weight excluding hydrogens is 424 g/mol. The van der Waals surface area contributed by atoms with E-state index >= 15 is 0 Å². The molecule has 0 saturated carbocycles. The van der Waals surface area contributed by atoms with Crippen molar-refractivity contribution in [2.24, 2.45) is 4.99 Å². The summed E-state index contributed by atoms with van der Waals surface area (Å²) in [6.07, 6.45) is 1.69. The molecule has 0 aliphatic heterocycles. The maximum absolute atomic E-state index is 10.4. The van der Waals surface area contributed by atoms with Crippen LogP contribution in [0.1, 0.15) is 31.9 Å². The normalized spacial score (nSPS) is 10.9. The van der Waals surface area contributed by atoms with E-state index in [1.54, 1.807) is 13.3 Å². The molecule has 24 heavy (non-hydrogen) atoms. The molecule has 0 bridgehead atoms. The van der Waals surface area contributed by atoms with E-state index in [2.05, 4.69) is 25.8 Å². The molecule has 0 heterocycles. The van der Waals surface area contributed by atoms with Gasteiger partial charge in [0.05, 0.1) is 12.8 Å². The summed E-state index contributed by atoms with van der Waals surface area (Å²) < 4.78 is 5.11. The van der Waals surface area contributed by atoms with Gasteiger partial charge in [0.15, 0.2) is 0 Å². The fraction of sp³-hybridized carbons (Fsp3) is 0.278. The van der Waals surface area contributed by atoms with Crippen LogP contribution >= 0.6 is 17.0 Å². The summed E-state index contributed by atoms with van der Waals surface area (Å²) in [4.78, 5) is 4.40. The van der Waals surface area contributed by atoms with Crippen molar-refractivity contribution >= 4 is 28.9 Å². The number of benzene rings is 2. The maximum atomic E-state index is 10.4. The first-order valence-corrected chi connectivity index (χ1v) is 13.6. The second-order valence-electron chi connectivity index (χ2n) is 6.02. The Hall–Kier alpha value is -0.827. The van der Waals surface area contributed by atoms with Crippen LogP contribution in [0.4, 0.5) is 5.69 Å². The molecule has 1 N–H and O–H groups in total. The van der Waals surface area contributed by atoms with Crippen LogP contribution < -0.4 is 4.74 Å². The molecule has 0 radical (unpaired) electrons. The first-order chi connectivity index (χ1) is 11.3. The number of para-hydroxylation sites is 1. The number of hydrogen-bond donors (Lipinski definition) is 1. The Balaban J connectivity index is 0.000000891. The molecule has 128 valence electrons. The molecule has 0 spiro atoms. The van der Waals surface area contributed by atoms with Gasteiger partial charge >= 0.3 is 37.9 Å². The third-order valence-electron chi connectivity index (χ3n) is 3.30. The first kappa shape index (κ1) is 21.2. The molecule has 2 aromatic rings. The van der Waals surface area contributed by atoms with Gasteiger partial charge in [-0.15, -0.1) is 0 Å². The molecule has 0 aromatic heterocycles. The van der Waals surface area contributed by atoms with E-state index < -0.39 is 20.8 Å². The molecule has 3 nitrogen and oxygen atoms in total. The Morgan fingerprint density at radius 2 is 1.67 bits per heavy atom. The monoisotopic (exact) mass is 443 g/mol. The molecule has 2 rings (SSSR count). The molecule has 0 unspecified atom stereocenters. The molecule has 0 amide bonds. The van der Waals surface area contributed by atoms with Crippen LogP contribution in [-0.2, 0) is 26.3 Å². The number of phenolic OH excluding ortho intramolecular Hbond substituents is 1. The van der Waals surface area contributed by atoms with Gasteiger partial charge in [-0.25, -0.2) is 0 Å². The van der Waals surface area contributed by atoms with Gasteiger partial charge in [0.25, 0.3) is 0 Å². The number of aromatic hydroxyl groups is 1. The average Bonchev–Trinajstić information content (AvgIpc) is 2.54. The predicted molar refractivity (Wildman–Crippen MR) is 98.8 cm³/mol. The fourth-order valence-corrected chi connectivity index (χ4v) is 2.08. The van der Waals surface area contributed by atoms with Crippen LogP contribution in [0.2, 0.25) is 0 Å². The first-order valence-electron chi connectivity index (χ1n) is 7.30.